The van der Waals surface area contributed by atoms with Crippen LogP contribution in [0.3, 0.4) is 0 Å². The van der Waals surface area contributed by atoms with Gasteiger partial charge in [-0.15, -0.1) is 0 Å². The molecule has 0 aliphatic heterocycles. The first-order valence-corrected chi connectivity index (χ1v) is 3.03. The first-order chi connectivity index (χ1) is 5.26. The third-order valence-electron chi connectivity index (χ3n) is 1.17. The summed E-state index contributed by atoms with van der Waals surface area (Å²) < 4.78 is 9.49. The Bertz CT molecular complexity index is 227. The Morgan fingerprint density at radius 2 is 1.64 bits per heavy atom. The molecule has 0 saturated heterocycles. The van der Waals surface area contributed by atoms with Crippen LogP contribution >= 0.6 is 0 Å². The molecule has 1 rings (SSSR count). The molecule has 0 aliphatic rings. The third-order valence-corrected chi connectivity index (χ3v) is 1.17. The van der Waals surface area contributed by atoms with Gasteiger partial charge in [0, 0.05) is 12.1 Å². The molecule has 0 saturated carbocycles. The molecule has 1 heterocycles. The van der Waals surface area contributed by atoms with Crippen LogP contribution in [0.25, 0.3) is 0 Å². The fraction of sp³-hybridized carbons (Fsp3) is 0.286. The van der Waals surface area contributed by atoms with E-state index in [2.05, 4.69) is 4.98 Å². The number of hydrogen-bond acceptors (Lipinski definition) is 3. The molecule has 0 spiro atoms. The summed E-state index contributed by atoms with van der Waals surface area (Å²) in [7, 11) is 2.89. The maximum Gasteiger partial charge on any atom is 0.220 e. The normalized spacial score (nSPS) is 9.27. The molecule has 0 fully saturated rings. The van der Waals surface area contributed by atoms with Crippen LogP contribution in [-0.4, -0.2) is 19.2 Å². The third kappa shape index (κ3) is 1.73. The lowest BCUT2D eigenvalue weighted by Crippen LogP contribution is -1.90. The molecule has 1 aromatic heterocycles. The van der Waals surface area contributed by atoms with E-state index in [0.717, 1.165) is 0 Å². The Kier molecular flexibility index (Phi) is 2.15. The summed E-state index contributed by atoms with van der Waals surface area (Å²) >= 11 is 0. The fourth-order valence-corrected chi connectivity index (χ4v) is 0.667. The van der Waals surface area contributed by atoms with Crippen molar-refractivity contribution in [2.75, 3.05) is 14.2 Å². The monoisotopic (exact) mass is 154 g/mol. The number of pyridine rings is 1. The predicted octanol–water partition coefficient (Wildman–Crippen LogP) is 1.24. The summed E-state index contributed by atoms with van der Waals surface area (Å²) in [6, 6.07) is 2.59. The minimum absolute atomic E-state index is 0.172. The van der Waals surface area contributed by atoms with Crippen molar-refractivity contribution in [2.24, 2.45) is 0 Å². The Morgan fingerprint density at radius 3 is 2.00 bits per heavy atom. The zero-order chi connectivity index (χ0) is 8.27. The number of methoxy groups -OCH3 is 2. The highest BCUT2D eigenvalue weighted by Crippen LogP contribution is 2.21. The van der Waals surface area contributed by atoms with Gasteiger partial charge in [-0.25, -0.2) is 0 Å². The molecule has 0 atom stereocenters. The number of hydrogen-bond donors (Lipinski definition) is 0. The molecule has 1 aromatic rings. The van der Waals surface area contributed by atoms with Gasteiger partial charge in [0.05, 0.1) is 14.2 Å². The molecule has 4 heteroatoms. The second-order valence-corrected chi connectivity index (χ2v) is 1.89. The average Bonchev–Trinajstić information content (AvgIpc) is 2.03. The van der Waals surface area contributed by atoms with Crippen molar-refractivity contribution in [1.82, 2.24) is 4.98 Å². The molecule has 0 aliphatic carbocycles. The standard InChI is InChI=1S/C7H8NO3/c1-10-6-3-5(9)4-7(8-6)11-2/h3-4H,1-2H3. The zero-order valence-corrected chi connectivity index (χ0v) is 6.33. The summed E-state index contributed by atoms with van der Waals surface area (Å²) in [4.78, 5) is 3.83. The van der Waals surface area contributed by atoms with E-state index in [1.165, 1.54) is 26.4 Å². The van der Waals surface area contributed by atoms with Gasteiger partial charge in [0.1, 0.15) is 0 Å². The summed E-state index contributed by atoms with van der Waals surface area (Å²) in [6.07, 6.45) is 0. The average molecular weight is 154 g/mol. The lowest BCUT2D eigenvalue weighted by molar-refractivity contribution is 0.329. The summed E-state index contributed by atoms with van der Waals surface area (Å²) in [5.41, 5.74) is 0. The maximum absolute atomic E-state index is 10.8. The van der Waals surface area contributed by atoms with Gasteiger partial charge in [0.25, 0.3) is 0 Å². The molecular formula is C7H8NO3. The fourth-order valence-electron chi connectivity index (χ4n) is 0.667. The topological polar surface area (TPSA) is 51.2 Å². The molecule has 59 valence electrons. The van der Waals surface area contributed by atoms with Crippen molar-refractivity contribution < 1.29 is 14.6 Å². The molecule has 0 N–H and O–H groups in total. The van der Waals surface area contributed by atoms with Crippen LogP contribution in [0, 0.1) is 0 Å². The lowest BCUT2D eigenvalue weighted by atomic mass is 10.4. The first-order valence-electron chi connectivity index (χ1n) is 3.03. The zero-order valence-electron chi connectivity index (χ0n) is 6.33. The number of ether oxygens (including phenoxy) is 2. The Morgan fingerprint density at radius 1 is 1.18 bits per heavy atom. The van der Waals surface area contributed by atoms with E-state index in [1.54, 1.807) is 0 Å². The summed E-state index contributed by atoms with van der Waals surface area (Å²) in [5, 5.41) is 10.8. The van der Waals surface area contributed by atoms with Crippen LogP contribution in [0.4, 0.5) is 0 Å². The van der Waals surface area contributed by atoms with Gasteiger partial charge in [0.15, 0.2) is 5.75 Å². The molecule has 0 amide bonds. The molecule has 4 nitrogen and oxygen atoms in total. The predicted molar refractivity (Wildman–Crippen MR) is 37.5 cm³/mol. The minimum Gasteiger partial charge on any atom is -0.481 e. The van der Waals surface area contributed by atoms with Crippen molar-refractivity contribution >= 4 is 0 Å². The van der Waals surface area contributed by atoms with E-state index in [0.29, 0.717) is 0 Å². The summed E-state index contributed by atoms with van der Waals surface area (Å²) in [6.45, 7) is 0. The highest BCUT2D eigenvalue weighted by molar-refractivity contribution is 5.31. The van der Waals surface area contributed by atoms with Crippen molar-refractivity contribution in [3.8, 4) is 17.5 Å². The number of nitrogens with zero attached hydrogens (tertiary/aromatic N) is 1. The first kappa shape index (κ1) is 7.65. The smallest absolute Gasteiger partial charge is 0.220 e. The second kappa shape index (κ2) is 3.09. The van der Waals surface area contributed by atoms with Gasteiger partial charge in [-0.1, -0.05) is 0 Å². The van der Waals surface area contributed by atoms with Crippen molar-refractivity contribution in [1.29, 1.82) is 0 Å². The number of aromatic nitrogens is 1. The van der Waals surface area contributed by atoms with Crippen LogP contribution in [0.2, 0.25) is 0 Å². The molecule has 0 unspecified atom stereocenters. The van der Waals surface area contributed by atoms with Crippen LogP contribution in [0.15, 0.2) is 12.1 Å². The SMILES string of the molecule is COc1cc([O])cc(OC)n1. The minimum atomic E-state index is -0.172. The van der Waals surface area contributed by atoms with E-state index >= 15 is 0 Å². The van der Waals surface area contributed by atoms with Crippen LogP contribution in [0.5, 0.6) is 17.5 Å². The molecule has 11 heavy (non-hydrogen) atoms. The van der Waals surface area contributed by atoms with Crippen LogP contribution < -0.4 is 9.47 Å². The van der Waals surface area contributed by atoms with E-state index in [-0.39, 0.29) is 17.5 Å². The van der Waals surface area contributed by atoms with E-state index < -0.39 is 0 Å². The van der Waals surface area contributed by atoms with Crippen molar-refractivity contribution in [3.63, 3.8) is 0 Å². The van der Waals surface area contributed by atoms with E-state index in [4.69, 9.17) is 9.47 Å². The number of rotatable bonds is 2. The molecular weight excluding hydrogens is 146 g/mol. The highest BCUT2D eigenvalue weighted by atomic mass is 16.5. The van der Waals surface area contributed by atoms with Crippen LogP contribution in [0.1, 0.15) is 0 Å². The van der Waals surface area contributed by atoms with E-state index in [1.807, 2.05) is 0 Å². The van der Waals surface area contributed by atoms with Gasteiger partial charge in [-0.2, -0.15) is 4.98 Å². The Labute approximate surface area is 64.4 Å². The lowest BCUT2D eigenvalue weighted by Gasteiger charge is -2.01. The van der Waals surface area contributed by atoms with Crippen molar-refractivity contribution in [2.45, 2.75) is 0 Å². The molecule has 1 radical (unpaired) electrons. The van der Waals surface area contributed by atoms with Gasteiger partial charge >= 0.3 is 0 Å². The van der Waals surface area contributed by atoms with Crippen LogP contribution in [-0.2, 0) is 5.11 Å². The van der Waals surface area contributed by atoms with Gasteiger partial charge in [-0.05, 0) is 0 Å². The quantitative estimate of drug-likeness (QED) is 0.644. The Balaban J connectivity index is 3.02. The largest absolute Gasteiger partial charge is 0.481 e. The van der Waals surface area contributed by atoms with Gasteiger partial charge in [0.2, 0.25) is 11.8 Å². The highest BCUT2D eigenvalue weighted by Gasteiger charge is 2.01. The molecule has 0 bridgehead atoms. The van der Waals surface area contributed by atoms with Gasteiger partial charge < -0.3 is 9.47 Å². The molecule has 0 aromatic carbocycles. The van der Waals surface area contributed by atoms with Gasteiger partial charge in [-0.3, -0.25) is 5.11 Å². The van der Waals surface area contributed by atoms with E-state index in [9.17, 15) is 5.11 Å². The second-order valence-electron chi connectivity index (χ2n) is 1.89. The van der Waals surface area contributed by atoms with Crippen molar-refractivity contribution in [3.05, 3.63) is 12.1 Å². The Hall–Kier alpha value is -1.45. The summed E-state index contributed by atoms with van der Waals surface area (Å²) in [5.74, 6) is 0.373. The maximum atomic E-state index is 10.8.